The van der Waals surface area contributed by atoms with Gasteiger partial charge >= 0.3 is 6.18 Å². The van der Waals surface area contributed by atoms with E-state index in [2.05, 4.69) is 10.4 Å². The van der Waals surface area contributed by atoms with Gasteiger partial charge in [0.2, 0.25) is 5.91 Å². The Morgan fingerprint density at radius 2 is 2.00 bits per heavy atom. The quantitative estimate of drug-likeness (QED) is 0.670. The third-order valence-corrected chi connectivity index (χ3v) is 5.32. The number of alkyl halides is 3. The minimum absolute atomic E-state index is 0.0228. The molecule has 2 heterocycles. The van der Waals surface area contributed by atoms with Crippen LogP contribution in [0.1, 0.15) is 60.3 Å². The molecule has 172 valence electrons. The smallest absolute Gasteiger partial charge is 0.342 e. The van der Waals surface area contributed by atoms with Gasteiger partial charge < -0.3 is 10.2 Å². The Hall–Kier alpha value is -3.17. The number of likely N-dealkylation sites (tertiary alicyclic amines) is 1. The Kier molecular flexibility index (Phi) is 7.32. The average Bonchev–Trinajstić information content (AvgIpc) is 3.16. The average molecular weight is 450 g/mol. The maximum absolute atomic E-state index is 13.2. The zero-order valence-electron chi connectivity index (χ0n) is 17.7. The Bertz CT molecular complexity index is 1040. The molecule has 0 spiro atoms. The molecule has 1 N–H and O–H groups in total. The molecular formula is C22H25F3N4O3. The van der Waals surface area contributed by atoms with Crippen LogP contribution in [0.3, 0.4) is 0 Å². The maximum Gasteiger partial charge on any atom is 0.416 e. The number of benzene rings is 1. The summed E-state index contributed by atoms with van der Waals surface area (Å²) in [7, 11) is 0. The molecule has 0 saturated carbocycles. The summed E-state index contributed by atoms with van der Waals surface area (Å²) in [6.07, 6.45) is -1.96. The van der Waals surface area contributed by atoms with Crippen LogP contribution >= 0.6 is 0 Å². The van der Waals surface area contributed by atoms with E-state index < -0.39 is 23.7 Å². The lowest BCUT2D eigenvalue weighted by Crippen LogP contribution is -2.39. The normalized spacial score (nSPS) is 15.1. The van der Waals surface area contributed by atoms with Crippen LogP contribution in [-0.4, -0.2) is 39.6 Å². The van der Waals surface area contributed by atoms with E-state index in [4.69, 9.17) is 0 Å². The van der Waals surface area contributed by atoms with E-state index in [9.17, 15) is 27.6 Å². The Morgan fingerprint density at radius 3 is 2.66 bits per heavy atom. The number of unbranched alkanes of at least 4 members (excludes halogenated alkanes) is 1. The van der Waals surface area contributed by atoms with Gasteiger partial charge in [-0.2, -0.15) is 18.3 Å². The van der Waals surface area contributed by atoms with Crippen LogP contribution in [-0.2, 0) is 17.5 Å². The summed E-state index contributed by atoms with van der Waals surface area (Å²) in [5, 5.41) is 6.79. The third kappa shape index (κ3) is 5.74. The first-order valence-electron chi connectivity index (χ1n) is 10.5. The summed E-state index contributed by atoms with van der Waals surface area (Å²) in [5.74, 6) is -0.744. The summed E-state index contributed by atoms with van der Waals surface area (Å²) >= 11 is 0. The molecule has 10 heteroatoms. The van der Waals surface area contributed by atoms with Crippen LogP contribution in [0.5, 0.6) is 0 Å². The SMILES string of the molecule is CCCCn1nc(C(=O)NC(CN2CCCC2=O)c2cccc(C(F)(F)F)c2)ccc1=O. The molecule has 0 aliphatic carbocycles. The number of aryl methyl sites for hydroxylation is 1. The van der Waals surface area contributed by atoms with Crippen molar-refractivity contribution in [2.45, 2.75) is 51.4 Å². The van der Waals surface area contributed by atoms with Gasteiger partial charge in [0, 0.05) is 32.1 Å². The monoisotopic (exact) mass is 450 g/mol. The summed E-state index contributed by atoms with van der Waals surface area (Å²) in [6.45, 7) is 2.84. The van der Waals surface area contributed by atoms with Crippen molar-refractivity contribution in [2.24, 2.45) is 0 Å². The molecule has 7 nitrogen and oxygen atoms in total. The molecular weight excluding hydrogens is 425 g/mol. The second-order valence-corrected chi connectivity index (χ2v) is 7.73. The van der Waals surface area contributed by atoms with Gasteiger partial charge in [-0.3, -0.25) is 14.4 Å². The van der Waals surface area contributed by atoms with Gasteiger partial charge in [-0.15, -0.1) is 0 Å². The highest BCUT2D eigenvalue weighted by molar-refractivity contribution is 5.92. The van der Waals surface area contributed by atoms with Crippen molar-refractivity contribution in [3.63, 3.8) is 0 Å². The first-order chi connectivity index (χ1) is 15.2. The van der Waals surface area contributed by atoms with Crippen LogP contribution in [0.2, 0.25) is 0 Å². The van der Waals surface area contributed by atoms with Gasteiger partial charge in [-0.05, 0) is 36.6 Å². The van der Waals surface area contributed by atoms with E-state index in [1.54, 1.807) is 0 Å². The highest BCUT2D eigenvalue weighted by Gasteiger charge is 2.32. The number of nitrogens with zero attached hydrogens (tertiary/aromatic N) is 3. The minimum atomic E-state index is -4.54. The topological polar surface area (TPSA) is 84.3 Å². The van der Waals surface area contributed by atoms with Gasteiger partial charge in [0.25, 0.3) is 11.5 Å². The van der Waals surface area contributed by atoms with Gasteiger partial charge in [0.1, 0.15) is 5.69 Å². The molecule has 1 aliphatic rings. The summed E-state index contributed by atoms with van der Waals surface area (Å²) < 4.78 is 40.8. The fourth-order valence-electron chi connectivity index (χ4n) is 3.55. The van der Waals surface area contributed by atoms with Gasteiger partial charge in [0.05, 0.1) is 11.6 Å². The lowest BCUT2D eigenvalue weighted by molar-refractivity contribution is -0.137. The number of rotatable bonds is 8. The summed E-state index contributed by atoms with van der Waals surface area (Å²) in [6, 6.07) is 6.33. The molecule has 1 fully saturated rings. The van der Waals surface area contributed by atoms with Gasteiger partial charge in [0.15, 0.2) is 0 Å². The van der Waals surface area contributed by atoms with E-state index in [-0.39, 0.29) is 29.3 Å². The lowest BCUT2D eigenvalue weighted by Gasteiger charge is -2.25. The summed E-state index contributed by atoms with van der Waals surface area (Å²) in [5.41, 5.74) is -0.974. The number of nitrogens with one attached hydrogen (secondary N) is 1. The number of amides is 2. The summed E-state index contributed by atoms with van der Waals surface area (Å²) in [4.78, 5) is 38.5. The van der Waals surface area contributed by atoms with Gasteiger partial charge in [-0.1, -0.05) is 25.5 Å². The van der Waals surface area contributed by atoms with Crippen molar-refractivity contribution in [3.8, 4) is 0 Å². The number of carbonyl (C=O) groups is 2. The molecule has 3 rings (SSSR count). The van der Waals surface area contributed by atoms with Crippen molar-refractivity contribution in [3.05, 3.63) is 63.6 Å². The molecule has 1 aromatic carbocycles. The lowest BCUT2D eigenvalue weighted by atomic mass is 10.0. The highest BCUT2D eigenvalue weighted by atomic mass is 19.4. The first kappa shape index (κ1) is 23.5. The second-order valence-electron chi connectivity index (χ2n) is 7.73. The van der Waals surface area contributed by atoms with E-state index in [0.29, 0.717) is 32.4 Å². The standard InChI is InChI=1S/C22H25F3N4O3/c1-2-3-12-29-20(31)10-9-17(27-29)21(32)26-18(14-28-11-5-8-19(28)30)15-6-4-7-16(13-15)22(23,24)25/h4,6-7,9-10,13,18H,2-3,5,8,11-12,14H2,1H3,(H,26,32). The maximum atomic E-state index is 13.2. The fraction of sp³-hybridized carbons (Fsp3) is 0.455. The van der Waals surface area contributed by atoms with Crippen molar-refractivity contribution < 1.29 is 22.8 Å². The molecule has 0 radical (unpaired) electrons. The van der Waals surface area contributed by atoms with Crippen molar-refractivity contribution >= 4 is 11.8 Å². The molecule has 1 aromatic heterocycles. The van der Waals surface area contributed by atoms with E-state index in [0.717, 1.165) is 18.6 Å². The Labute approximate surface area is 183 Å². The second kappa shape index (κ2) is 9.97. The predicted octanol–water partition coefficient (Wildman–Crippen LogP) is 3.16. The Morgan fingerprint density at radius 1 is 1.22 bits per heavy atom. The molecule has 1 aliphatic heterocycles. The van der Waals surface area contributed by atoms with Crippen molar-refractivity contribution in [1.82, 2.24) is 20.0 Å². The minimum Gasteiger partial charge on any atom is -0.342 e. The number of hydrogen-bond acceptors (Lipinski definition) is 4. The molecule has 0 bridgehead atoms. The van der Waals surface area contributed by atoms with Crippen LogP contribution < -0.4 is 10.9 Å². The molecule has 2 amide bonds. The highest BCUT2D eigenvalue weighted by Crippen LogP contribution is 2.31. The fourth-order valence-corrected chi connectivity index (χ4v) is 3.55. The van der Waals surface area contributed by atoms with Crippen molar-refractivity contribution in [1.29, 1.82) is 0 Å². The van der Waals surface area contributed by atoms with Crippen LogP contribution in [0.4, 0.5) is 13.2 Å². The predicted molar refractivity (Wildman–Crippen MR) is 111 cm³/mol. The molecule has 1 unspecified atom stereocenters. The first-order valence-corrected chi connectivity index (χ1v) is 10.5. The molecule has 1 saturated heterocycles. The third-order valence-electron chi connectivity index (χ3n) is 5.32. The van der Waals surface area contributed by atoms with Crippen molar-refractivity contribution in [2.75, 3.05) is 13.1 Å². The van der Waals surface area contributed by atoms with Gasteiger partial charge in [-0.25, -0.2) is 4.68 Å². The molecule has 2 aromatic rings. The number of aromatic nitrogens is 2. The van der Waals surface area contributed by atoms with E-state index >= 15 is 0 Å². The number of carbonyl (C=O) groups excluding carboxylic acids is 2. The zero-order chi connectivity index (χ0) is 23.3. The van der Waals surface area contributed by atoms with E-state index in [1.165, 1.54) is 33.8 Å². The van der Waals surface area contributed by atoms with Crippen LogP contribution in [0.15, 0.2) is 41.2 Å². The van der Waals surface area contributed by atoms with Crippen LogP contribution in [0.25, 0.3) is 0 Å². The number of hydrogen-bond donors (Lipinski definition) is 1. The molecule has 1 atom stereocenters. The van der Waals surface area contributed by atoms with E-state index in [1.807, 2.05) is 6.92 Å². The van der Waals surface area contributed by atoms with Crippen LogP contribution in [0, 0.1) is 0 Å². The largest absolute Gasteiger partial charge is 0.416 e. The Balaban J connectivity index is 1.88. The number of halogens is 3. The molecule has 32 heavy (non-hydrogen) atoms. The zero-order valence-corrected chi connectivity index (χ0v) is 17.7.